The second-order valence-electron chi connectivity index (χ2n) is 4.60. The van der Waals surface area contributed by atoms with Crippen LogP contribution in [0.3, 0.4) is 0 Å². The maximum Gasteiger partial charge on any atom is 0.215 e. The Morgan fingerprint density at radius 2 is 1.85 bits per heavy atom. The molecule has 1 atom stereocenters. The van der Waals surface area contributed by atoms with Gasteiger partial charge in [-0.05, 0) is 30.7 Å². The predicted octanol–water partition coefficient (Wildman–Crippen LogP) is 3.52. The molecule has 2 aromatic rings. The second kappa shape index (κ2) is 6.01. The number of nitrogens with two attached hydrogens (primary N) is 1. The first-order valence-corrected chi connectivity index (χ1v) is 6.69. The average Bonchev–Trinajstić information content (AvgIpc) is 2.47. The van der Waals surface area contributed by atoms with Crippen molar-refractivity contribution in [1.82, 2.24) is 4.98 Å². The van der Waals surface area contributed by atoms with Crippen LogP contribution in [0.25, 0.3) is 0 Å². The zero-order valence-electron chi connectivity index (χ0n) is 11.8. The molecule has 20 heavy (non-hydrogen) atoms. The molecule has 0 fully saturated rings. The fraction of sp³-hybridized carbons (Fsp3) is 0.267. The molecular formula is C15H18ClN3O. The van der Waals surface area contributed by atoms with Crippen LogP contribution in [0.1, 0.15) is 18.5 Å². The number of ether oxygens (including phenoxy) is 1. The van der Waals surface area contributed by atoms with Crippen LogP contribution >= 0.6 is 11.6 Å². The van der Waals surface area contributed by atoms with Crippen molar-refractivity contribution < 1.29 is 4.74 Å². The van der Waals surface area contributed by atoms with Crippen molar-refractivity contribution in [3.05, 3.63) is 47.0 Å². The summed E-state index contributed by atoms with van der Waals surface area (Å²) in [6.07, 6.45) is 0. The first-order chi connectivity index (χ1) is 9.52. The Kier molecular flexibility index (Phi) is 4.35. The predicted molar refractivity (Wildman–Crippen MR) is 83.5 cm³/mol. The van der Waals surface area contributed by atoms with E-state index in [2.05, 4.69) is 11.9 Å². The quantitative estimate of drug-likeness (QED) is 0.936. The van der Waals surface area contributed by atoms with E-state index in [-0.39, 0.29) is 6.04 Å². The third-order valence-electron chi connectivity index (χ3n) is 3.36. The van der Waals surface area contributed by atoms with Crippen LogP contribution in [0, 0.1) is 0 Å². The van der Waals surface area contributed by atoms with Gasteiger partial charge in [-0.25, -0.2) is 0 Å². The molecular weight excluding hydrogens is 274 g/mol. The molecule has 0 amide bonds. The van der Waals surface area contributed by atoms with E-state index in [0.717, 1.165) is 10.6 Å². The number of nitrogens with zero attached hydrogens (tertiary/aromatic N) is 2. The Morgan fingerprint density at radius 1 is 1.20 bits per heavy atom. The van der Waals surface area contributed by atoms with Crippen LogP contribution in [-0.4, -0.2) is 19.1 Å². The number of rotatable bonds is 4. The smallest absolute Gasteiger partial charge is 0.215 e. The molecule has 0 aliphatic rings. The van der Waals surface area contributed by atoms with E-state index in [1.54, 1.807) is 19.2 Å². The Bertz CT molecular complexity index is 586. The molecule has 0 bridgehead atoms. The Balaban J connectivity index is 2.30. The highest BCUT2D eigenvalue weighted by molar-refractivity contribution is 6.30. The Morgan fingerprint density at radius 3 is 2.45 bits per heavy atom. The zero-order valence-corrected chi connectivity index (χ0v) is 12.6. The fourth-order valence-electron chi connectivity index (χ4n) is 1.99. The van der Waals surface area contributed by atoms with Crippen molar-refractivity contribution in [2.75, 3.05) is 24.8 Å². The molecule has 1 unspecified atom stereocenters. The first kappa shape index (κ1) is 14.5. The summed E-state index contributed by atoms with van der Waals surface area (Å²) in [6, 6.07) is 11.4. The summed E-state index contributed by atoms with van der Waals surface area (Å²) in [5.74, 6) is 1.25. The first-order valence-electron chi connectivity index (χ1n) is 6.31. The van der Waals surface area contributed by atoms with Crippen LogP contribution in [0.5, 0.6) is 5.88 Å². The molecule has 0 aliphatic carbocycles. The van der Waals surface area contributed by atoms with Gasteiger partial charge in [-0.1, -0.05) is 23.7 Å². The van der Waals surface area contributed by atoms with Gasteiger partial charge in [0.2, 0.25) is 5.88 Å². The minimum atomic E-state index is 0.120. The summed E-state index contributed by atoms with van der Waals surface area (Å²) >= 11 is 5.92. The molecule has 106 valence electrons. The van der Waals surface area contributed by atoms with Gasteiger partial charge in [0.1, 0.15) is 0 Å². The summed E-state index contributed by atoms with van der Waals surface area (Å²) in [5, 5.41) is 0.725. The summed E-state index contributed by atoms with van der Waals surface area (Å²) in [7, 11) is 3.54. The lowest BCUT2D eigenvalue weighted by Crippen LogP contribution is -2.23. The molecule has 0 saturated heterocycles. The Labute approximate surface area is 124 Å². The summed E-state index contributed by atoms with van der Waals surface area (Å²) < 4.78 is 5.15. The number of methoxy groups -OCH3 is 1. The summed E-state index contributed by atoms with van der Waals surface area (Å²) in [4.78, 5) is 6.42. The van der Waals surface area contributed by atoms with Crippen molar-refractivity contribution in [3.8, 4) is 5.88 Å². The maximum absolute atomic E-state index is 6.00. The van der Waals surface area contributed by atoms with Gasteiger partial charge in [0.25, 0.3) is 0 Å². The molecule has 0 spiro atoms. The topological polar surface area (TPSA) is 51.4 Å². The number of hydrogen-bond donors (Lipinski definition) is 1. The normalized spacial score (nSPS) is 12.0. The van der Waals surface area contributed by atoms with E-state index in [1.807, 2.05) is 36.2 Å². The van der Waals surface area contributed by atoms with Crippen molar-refractivity contribution in [1.29, 1.82) is 0 Å². The molecule has 1 aromatic carbocycles. The number of aromatic nitrogens is 1. The third kappa shape index (κ3) is 2.96. The highest BCUT2D eigenvalue weighted by atomic mass is 35.5. The van der Waals surface area contributed by atoms with Crippen molar-refractivity contribution in [2.24, 2.45) is 0 Å². The van der Waals surface area contributed by atoms with Crippen molar-refractivity contribution in [3.63, 3.8) is 0 Å². The molecule has 5 heteroatoms. The lowest BCUT2D eigenvalue weighted by atomic mass is 10.1. The zero-order chi connectivity index (χ0) is 14.7. The average molecular weight is 292 g/mol. The number of nitrogen functional groups attached to an aromatic ring is 1. The molecule has 1 heterocycles. The van der Waals surface area contributed by atoms with E-state index < -0.39 is 0 Å². The molecule has 0 saturated carbocycles. The molecule has 0 aliphatic heterocycles. The van der Waals surface area contributed by atoms with E-state index >= 15 is 0 Å². The van der Waals surface area contributed by atoms with Gasteiger partial charge in [-0.3, -0.25) is 0 Å². The fourth-order valence-corrected chi connectivity index (χ4v) is 2.11. The molecule has 1 aromatic heterocycles. The second-order valence-corrected chi connectivity index (χ2v) is 5.04. The third-order valence-corrected chi connectivity index (χ3v) is 3.61. The molecule has 0 radical (unpaired) electrons. The van der Waals surface area contributed by atoms with E-state index in [4.69, 9.17) is 22.1 Å². The van der Waals surface area contributed by atoms with E-state index in [0.29, 0.717) is 17.4 Å². The number of pyridine rings is 1. The van der Waals surface area contributed by atoms with Gasteiger partial charge in [0.15, 0.2) is 5.82 Å². The highest BCUT2D eigenvalue weighted by Crippen LogP contribution is 2.30. The van der Waals surface area contributed by atoms with Gasteiger partial charge >= 0.3 is 0 Å². The number of benzene rings is 1. The van der Waals surface area contributed by atoms with E-state index in [9.17, 15) is 0 Å². The minimum Gasteiger partial charge on any atom is -0.481 e. The van der Waals surface area contributed by atoms with Gasteiger partial charge in [-0.15, -0.1) is 0 Å². The van der Waals surface area contributed by atoms with Gasteiger partial charge in [0, 0.05) is 18.1 Å². The van der Waals surface area contributed by atoms with Crippen molar-refractivity contribution >= 4 is 23.1 Å². The SMILES string of the molecule is COc1ccc(N)c(N(C)C(C)c2ccc(Cl)cc2)n1. The van der Waals surface area contributed by atoms with Crippen LogP contribution < -0.4 is 15.4 Å². The monoisotopic (exact) mass is 291 g/mol. The van der Waals surface area contributed by atoms with Gasteiger partial charge in [-0.2, -0.15) is 4.98 Å². The summed E-state index contributed by atoms with van der Waals surface area (Å²) in [6.45, 7) is 2.09. The lowest BCUT2D eigenvalue weighted by molar-refractivity contribution is 0.398. The minimum absolute atomic E-state index is 0.120. The lowest BCUT2D eigenvalue weighted by Gasteiger charge is -2.27. The number of hydrogen-bond acceptors (Lipinski definition) is 4. The van der Waals surface area contributed by atoms with Crippen LogP contribution in [0.4, 0.5) is 11.5 Å². The molecule has 2 N–H and O–H groups in total. The van der Waals surface area contributed by atoms with E-state index in [1.165, 1.54) is 0 Å². The molecule has 2 rings (SSSR count). The maximum atomic E-state index is 6.00. The number of halogens is 1. The van der Waals surface area contributed by atoms with Gasteiger partial charge in [0.05, 0.1) is 18.8 Å². The van der Waals surface area contributed by atoms with Crippen molar-refractivity contribution in [2.45, 2.75) is 13.0 Å². The standard InChI is InChI=1S/C15H18ClN3O/c1-10(11-4-6-12(16)7-5-11)19(2)15-13(17)8-9-14(18-15)20-3/h4-10H,17H2,1-3H3. The number of anilines is 2. The van der Waals surface area contributed by atoms with Crippen LogP contribution in [0.15, 0.2) is 36.4 Å². The van der Waals surface area contributed by atoms with Crippen LogP contribution in [-0.2, 0) is 0 Å². The van der Waals surface area contributed by atoms with Crippen LogP contribution in [0.2, 0.25) is 5.02 Å². The largest absolute Gasteiger partial charge is 0.481 e. The van der Waals surface area contributed by atoms with Gasteiger partial charge < -0.3 is 15.4 Å². The highest BCUT2D eigenvalue weighted by Gasteiger charge is 2.16. The Hall–Kier alpha value is -1.94. The molecule has 4 nitrogen and oxygen atoms in total. The summed E-state index contributed by atoms with van der Waals surface area (Å²) in [5.41, 5.74) is 7.76.